The summed E-state index contributed by atoms with van der Waals surface area (Å²) in [4.78, 5) is 30.8. The van der Waals surface area contributed by atoms with Crippen LogP contribution in [-0.2, 0) is 4.79 Å². The lowest BCUT2D eigenvalue weighted by atomic mass is 9.73. The number of carbonyl (C=O) groups is 2. The van der Waals surface area contributed by atoms with Gasteiger partial charge >= 0.3 is 0 Å². The van der Waals surface area contributed by atoms with Crippen LogP contribution in [-0.4, -0.2) is 59.5 Å². The van der Waals surface area contributed by atoms with Crippen molar-refractivity contribution in [2.75, 3.05) is 32.8 Å². The van der Waals surface area contributed by atoms with Crippen LogP contribution in [0.2, 0.25) is 0 Å². The van der Waals surface area contributed by atoms with Crippen molar-refractivity contribution in [2.24, 2.45) is 5.41 Å². The van der Waals surface area contributed by atoms with Gasteiger partial charge in [0, 0.05) is 49.5 Å². The molecular formula is C18H26N2O3S. The highest BCUT2D eigenvalue weighted by Crippen LogP contribution is 2.39. The number of aryl methyl sites for hydroxylation is 1. The summed E-state index contributed by atoms with van der Waals surface area (Å²) in [7, 11) is 0. The summed E-state index contributed by atoms with van der Waals surface area (Å²) in [5.41, 5.74) is 0.0313. The smallest absolute Gasteiger partial charge is 0.263 e. The van der Waals surface area contributed by atoms with E-state index in [4.69, 9.17) is 5.11 Å². The summed E-state index contributed by atoms with van der Waals surface area (Å²) in [6.07, 6.45) is 4.13. The third-order valence-corrected chi connectivity index (χ3v) is 6.22. The number of aliphatic hydroxyl groups excluding tert-OH is 1. The minimum absolute atomic E-state index is 0.0313. The SMILES string of the molecule is Cc1ccc(C(=O)N2CCCC3(CCC(=O)N(CCCO)C3)C2)s1. The molecule has 1 aromatic rings. The second kappa shape index (κ2) is 7.23. The monoisotopic (exact) mass is 350 g/mol. The van der Waals surface area contributed by atoms with Crippen molar-refractivity contribution in [1.29, 1.82) is 0 Å². The molecule has 1 spiro atoms. The van der Waals surface area contributed by atoms with Crippen LogP contribution < -0.4 is 0 Å². The van der Waals surface area contributed by atoms with Crippen LogP contribution in [0.4, 0.5) is 0 Å². The Kier molecular flexibility index (Phi) is 5.25. The molecule has 3 heterocycles. The molecule has 2 fully saturated rings. The molecule has 0 aromatic carbocycles. The number of carbonyl (C=O) groups excluding carboxylic acids is 2. The average Bonchev–Trinajstić information content (AvgIpc) is 3.02. The predicted molar refractivity (Wildman–Crippen MR) is 94.1 cm³/mol. The lowest BCUT2D eigenvalue weighted by Gasteiger charge is -2.48. The fourth-order valence-corrected chi connectivity index (χ4v) is 4.82. The second-order valence-corrected chi connectivity index (χ2v) is 8.42. The molecular weight excluding hydrogens is 324 g/mol. The molecule has 6 heteroatoms. The van der Waals surface area contributed by atoms with Crippen LogP contribution >= 0.6 is 11.3 Å². The van der Waals surface area contributed by atoms with Gasteiger partial charge in [0.1, 0.15) is 0 Å². The Morgan fingerprint density at radius 2 is 2.17 bits per heavy atom. The average molecular weight is 350 g/mol. The van der Waals surface area contributed by atoms with E-state index in [2.05, 4.69) is 0 Å². The van der Waals surface area contributed by atoms with Crippen molar-refractivity contribution in [2.45, 2.75) is 39.0 Å². The molecule has 3 rings (SSSR count). The van der Waals surface area contributed by atoms with Gasteiger partial charge in [-0.05, 0) is 44.7 Å². The van der Waals surface area contributed by atoms with Gasteiger partial charge in [0.05, 0.1) is 4.88 Å². The highest BCUT2D eigenvalue weighted by Gasteiger charge is 2.42. The maximum atomic E-state index is 12.8. The lowest BCUT2D eigenvalue weighted by Crippen LogP contribution is -2.55. The molecule has 1 N–H and O–H groups in total. The van der Waals surface area contributed by atoms with Gasteiger partial charge in [0.15, 0.2) is 0 Å². The molecule has 5 nitrogen and oxygen atoms in total. The number of likely N-dealkylation sites (tertiary alicyclic amines) is 2. The van der Waals surface area contributed by atoms with Crippen LogP contribution in [0.1, 0.15) is 46.7 Å². The van der Waals surface area contributed by atoms with E-state index in [0.29, 0.717) is 19.4 Å². The number of aliphatic hydroxyl groups is 1. The van der Waals surface area contributed by atoms with E-state index in [9.17, 15) is 9.59 Å². The number of rotatable bonds is 4. The first-order chi connectivity index (χ1) is 11.5. The van der Waals surface area contributed by atoms with Crippen molar-refractivity contribution in [1.82, 2.24) is 9.80 Å². The van der Waals surface area contributed by atoms with Crippen LogP contribution in [0.15, 0.2) is 12.1 Å². The normalized spacial score (nSPS) is 24.7. The molecule has 1 unspecified atom stereocenters. The molecule has 0 saturated carbocycles. The summed E-state index contributed by atoms with van der Waals surface area (Å²) >= 11 is 1.55. The van der Waals surface area contributed by atoms with Crippen molar-refractivity contribution < 1.29 is 14.7 Å². The summed E-state index contributed by atoms with van der Waals surface area (Å²) in [6, 6.07) is 3.91. The summed E-state index contributed by atoms with van der Waals surface area (Å²) < 4.78 is 0. The van der Waals surface area contributed by atoms with E-state index in [1.165, 1.54) is 0 Å². The number of thiophene rings is 1. The summed E-state index contributed by atoms with van der Waals surface area (Å²) in [5, 5.41) is 9.04. The Morgan fingerprint density at radius 1 is 1.33 bits per heavy atom. The molecule has 0 radical (unpaired) electrons. The van der Waals surface area contributed by atoms with Gasteiger partial charge < -0.3 is 14.9 Å². The zero-order valence-corrected chi connectivity index (χ0v) is 15.1. The number of nitrogens with zero attached hydrogens (tertiary/aromatic N) is 2. The first-order valence-electron chi connectivity index (χ1n) is 8.77. The highest BCUT2D eigenvalue weighted by atomic mass is 32.1. The molecule has 2 amide bonds. The fourth-order valence-electron chi connectivity index (χ4n) is 3.99. The number of amides is 2. The van der Waals surface area contributed by atoms with E-state index >= 15 is 0 Å². The molecule has 1 atom stereocenters. The summed E-state index contributed by atoms with van der Waals surface area (Å²) in [5.74, 6) is 0.317. The topological polar surface area (TPSA) is 60.9 Å². The van der Waals surface area contributed by atoms with Gasteiger partial charge in [0.2, 0.25) is 5.91 Å². The van der Waals surface area contributed by atoms with Gasteiger partial charge in [-0.1, -0.05) is 0 Å². The van der Waals surface area contributed by atoms with Crippen LogP contribution in [0, 0.1) is 12.3 Å². The largest absolute Gasteiger partial charge is 0.396 e. The Balaban J connectivity index is 1.69. The Morgan fingerprint density at radius 3 is 2.88 bits per heavy atom. The minimum Gasteiger partial charge on any atom is -0.396 e. The number of hydrogen-bond donors (Lipinski definition) is 1. The zero-order chi connectivity index (χ0) is 17.2. The molecule has 0 bridgehead atoms. The lowest BCUT2D eigenvalue weighted by molar-refractivity contribution is -0.139. The maximum absolute atomic E-state index is 12.8. The first kappa shape index (κ1) is 17.4. The minimum atomic E-state index is 0.0313. The Labute approximate surface area is 147 Å². The summed E-state index contributed by atoms with van der Waals surface area (Å²) in [6.45, 7) is 5.02. The van der Waals surface area contributed by atoms with Gasteiger partial charge in [-0.25, -0.2) is 0 Å². The molecule has 1 aromatic heterocycles. The van der Waals surface area contributed by atoms with Crippen LogP contribution in [0.5, 0.6) is 0 Å². The molecule has 132 valence electrons. The van der Waals surface area contributed by atoms with Crippen molar-refractivity contribution in [3.8, 4) is 0 Å². The van der Waals surface area contributed by atoms with Gasteiger partial charge in [-0.15, -0.1) is 11.3 Å². The quantitative estimate of drug-likeness (QED) is 0.906. The van der Waals surface area contributed by atoms with Gasteiger partial charge in [-0.2, -0.15) is 0 Å². The fraction of sp³-hybridized carbons (Fsp3) is 0.667. The van der Waals surface area contributed by atoms with Crippen LogP contribution in [0.25, 0.3) is 0 Å². The molecule has 2 saturated heterocycles. The first-order valence-corrected chi connectivity index (χ1v) is 9.59. The molecule has 2 aliphatic rings. The maximum Gasteiger partial charge on any atom is 0.263 e. The van der Waals surface area contributed by atoms with Gasteiger partial charge in [-0.3, -0.25) is 9.59 Å². The van der Waals surface area contributed by atoms with Crippen LogP contribution in [0.3, 0.4) is 0 Å². The van der Waals surface area contributed by atoms with Gasteiger partial charge in [0.25, 0.3) is 5.91 Å². The third-order valence-electron chi connectivity index (χ3n) is 5.23. The van der Waals surface area contributed by atoms with E-state index in [1.807, 2.05) is 28.9 Å². The van der Waals surface area contributed by atoms with Crippen molar-refractivity contribution in [3.05, 3.63) is 21.9 Å². The number of piperidine rings is 2. The standard InChI is InChI=1S/C18H26N2O3S/c1-14-4-5-15(24-14)17(23)20-9-2-7-18(13-20)8-6-16(22)19(12-18)10-3-11-21/h4-5,21H,2-3,6-13H2,1H3. The van der Waals surface area contributed by atoms with E-state index < -0.39 is 0 Å². The predicted octanol–water partition coefficient (Wildman–Crippen LogP) is 2.28. The number of hydrogen-bond acceptors (Lipinski definition) is 4. The van der Waals surface area contributed by atoms with Crippen molar-refractivity contribution in [3.63, 3.8) is 0 Å². The van der Waals surface area contributed by atoms with Crippen molar-refractivity contribution >= 4 is 23.2 Å². The molecule has 2 aliphatic heterocycles. The highest BCUT2D eigenvalue weighted by molar-refractivity contribution is 7.13. The Hall–Kier alpha value is -1.40. The molecule has 0 aliphatic carbocycles. The van der Waals surface area contributed by atoms with E-state index in [-0.39, 0.29) is 23.8 Å². The van der Waals surface area contributed by atoms with E-state index in [1.54, 1.807) is 11.3 Å². The zero-order valence-electron chi connectivity index (χ0n) is 14.3. The molecule has 24 heavy (non-hydrogen) atoms. The second-order valence-electron chi connectivity index (χ2n) is 7.13. The Bertz CT molecular complexity index is 615. The van der Waals surface area contributed by atoms with E-state index in [0.717, 1.165) is 48.7 Å². The third kappa shape index (κ3) is 3.64.